The number of hydrogen-bond donors (Lipinski definition) is 0. The lowest BCUT2D eigenvalue weighted by atomic mass is 10.0. The number of carbonyl (C=O) groups is 3. The normalized spacial score (nSPS) is 12.3. The summed E-state index contributed by atoms with van der Waals surface area (Å²) < 4.78 is 16.7. The molecule has 6 nitrogen and oxygen atoms in total. The van der Waals surface area contributed by atoms with Crippen molar-refractivity contribution in [3.8, 4) is 0 Å². The molecule has 6 heteroatoms. The third kappa shape index (κ3) is 56.2. The van der Waals surface area contributed by atoms with E-state index in [1.807, 2.05) is 0 Å². The molecule has 0 N–H and O–H groups in total. The monoisotopic (exact) mass is 967 g/mol. The molecule has 0 spiro atoms. The van der Waals surface area contributed by atoms with Gasteiger partial charge in [-0.1, -0.05) is 268 Å². The van der Waals surface area contributed by atoms with Gasteiger partial charge in [0.05, 0.1) is 0 Å². The first-order chi connectivity index (χ1) is 34.0. The minimum atomic E-state index is -0.774. The lowest BCUT2D eigenvalue weighted by Gasteiger charge is -2.18. The topological polar surface area (TPSA) is 78.9 Å². The van der Waals surface area contributed by atoms with E-state index in [1.54, 1.807) is 0 Å². The molecule has 0 saturated heterocycles. The second-order valence-corrected chi connectivity index (χ2v) is 20.3. The average Bonchev–Trinajstić information content (AvgIpc) is 3.35. The predicted molar refractivity (Wildman–Crippen MR) is 298 cm³/mol. The maximum absolute atomic E-state index is 12.8. The van der Waals surface area contributed by atoms with Crippen LogP contribution in [0.3, 0.4) is 0 Å². The fraction of sp³-hybridized carbons (Fsp3) is 0.825. The van der Waals surface area contributed by atoms with Crippen molar-refractivity contribution in [2.75, 3.05) is 13.2 Å². The minimum absolute atomic E-state index is 0.0757. The van der Waals surface area contributed by atoms with Crippen molar-refractivity contribution >= 4 is 17.9 Å². The van der Waals surface area contributed by atoms with Gasteiger partial charge in [0, 0.05) is 19.3 Å². The Morgan fingerprint density at radius 3 is 0.841 bits per heavy atom. The lowest BCUT2D eigenvalue weighted by molar-refractivity contribution is -0.167. The van der Waals surface area contributed by atoms with Gasteiger partial charge < -0.3 is 14.2 Å². The van der Waals surface area contributed by atoms with Crippen LogP contribution in [0.2, 0.25) is 0 Å². The Morgan fingerprint density at radius 1 is 0.290 bits per heavy atom. The summed E-state index contributed by atoms with van der Waals surface area (Å²) in [5.41, 5.74) is 0. The minimum Gasteiger partial charge on any atom is -0.462 e. The van der Waals surface area contributed by atoms with E-state index in [1.165, 1.54) is 186 Å². The quantitative estimate of drug-likeness (QED) is 0.0262. The highest BCUT2D eigenvalue weighted by Crippen LogP contribution is 2.17. The van der Waals surface area contributed by atoms with E-state index in [4.69, 9.17) is 14.2 Å². The number of unbranched alkanes of at least 4 members (excludes halogenated alkanes) is 36. The maximum atomic E-state index is 12.8. The van der Waals surface area contributed by atoms with E-state index >= 15 is 0 Å². The molecule has 69 heavy (non-hydrogen) atoms. The maximum Gasteiger partial charge on any atom is 0.306 e. The van der Waals surface area contributed by atoms with Gasteiger partial charge in [0.1, 0.15) is 13.2 Å². The molecule has 0 aromatic heterocycles. The van der Waals surface area contributed by atoms with Crippen LogP contribution in [-0.2, 0) is 28.6 Å². The first kappa shape index (κ1) is 66.4. The van der Waals surface area contributed by atoms with E-state index in [9.17, 15) is 14.4 Å². The van der Waals surface area contributed by atoms with Crippen molar-refractivity contribution in [1.82, 2.24) is 0 Å². The second-order valence-electron chi connectivity index (χ2n) is 20.3. The molecule has 0 rings (SSSR count). The molecule has 0 aromatic carbocycles. The van der Waals surface area contributed by atoms with Crippen LogP contribution in [0.15, 0.2) is 48.6 Å². The van der Waals surface area contributed by atoms with E-state index in [-0.39, 0.29) is 31.1 Å². The average molecular weight is 968 g/mol. The van der Waals surface area contributed by atoms with Crippen LogP contribution in [0.4, 0.5) is 0 Å². The zero-order valence-electron chi connectivity index (χ0n) is 46.1. The molecule has 0 fully saturated rings. The number of allylic oxidation sites excluding steroid dienone is 8. The molecule has 0 amide bonds. The molecule has 402 valence electrons. The van der Waals surface area contributed by atoms with Crippen molar-refractivity contribution < 1.29 is 28.6 Å². The number of esters is 3. The van der Waals surface area contributed by atoms with Crippen molar-refractivity contribution in [1.29, 1.82) is 0 Å². The second kappa shape index (κ2) is 57.9. The highest BCUT2D eigenvalue weighted by molar-refractivity contribution is 5.71. The van der Waals surface area contributed by atoms with Crippen LogP contribution in [0.1, 0.15) is 316 Å². The molecule has 0 saturated carbocycles. The molecule has 0 aliphatic carbocycles. The number of hydrogen-bond acceptors (Lipinski definition) is 6. The van der Waals surface area contributed by atoms with Crippen molar-refractivity contribution in [2.24, 2.45) is 0 Å². The van der Waals surface area contributed by atoms with Crippen LogP contribution in [0.5, 0.6) is 0 Å². The number of ether oxygens (including phenoxy) is 3. The van der Waals surface area contributed by atoms with E-state index in [2.05, 4.69) is 69.4 Å². The molecule has 1 atom stereocenters. The van der Waals surface area contributed by atoms with E-state index in [0.29, 0.717) is 19.3 Å². The molecule has 0 radical (unpaired) electrons. The van der Waals surface area contributed by atoms with Gasteiger partial charge in [-0.3, -0.25) is 14.4 Å². The molecular formula is C63H114O6. The summed E-state index contributed by atoms with van der Waals surface area (Å²) in [5.74, 6) is -0.887. The number of rotatable bonds is 55. The van der Waals surface area contributed by atoms with Gasteiger partial charge in [-0.15, -0.1) is 0 Å². The van der Waals surface area contributed by atoms with Crippen LogP contribution >= 0.6 is 0 Å². The number of carbonyl (C=O) groups excluding carboxylic acids is 3. The highest BCUT2D eigenvalue weighted by atomic mass is 16.6. The third-order valence-electron chi connectivity index (χ3n) is 13.3. The Kier molecular flexibility index (Phi) is 55.7. The van der Waals surface area contributed by atoms with Gasteiger partial charge in [0.2, 0.25) is 0 Å². The summed E-state index contributed by atoms with van der Waals surface area (Å²) in [6, 6.07) is 0. The first-order valence-electron chi connectivity index (χ1n) is 30.1. The molecule has 0 aliphatic heterocycles. The molecule has 0 bridgehead atoms. The molecule has 1 unspecified atom stereocenters. The van der Waals surface area contributed by atoms with Gasteiger partial charge in [-0.25, -0.2) is 0 Å². The standard InChI is InChI=1S/C63H114O6/c1-4-7-10-13-16-18-20-22-24-25-26-27-28-29-30-31-32-33-34-35-36-37-38-39-40-42-43-45-47-50-53-56-62(65)68-59-60(58-67-61(64)55-52-49-15-12-9-6-3)69-63(66)57-54-51-48-46-44-41-23-21-19-17-14-11-8-5-2/h14,17,20-23,25-26,60H,4-13,15-16,18-19,24,27-59H2,1-3H3/b17-14-,22-20-,23-21-,26-25-. The van der Waals surface area contributed by atoms with Gasteiger partial charge in [0.15, 0.2) is 6.10 Å². The first-order valence-corrected chi connectivity index (χ1v) is 30.1. The van der Waals surface area contributed by atoms with Crippen LogP contribution in [0.25, 0.3) is 0 Å². The van der Waals surface area contributed by atoms with Crippen molar-refractivity contribution in [3.63, 3.8) is 0 Å². The Labute approximate surface area is 428 Å². The van der Waals surface area contributed by atoms with Gasteiger partial charge >= 0.3 is 17.9 Å². The SMILES string of the molecule is CCCC/C=C\C/C=C\CCCCCCCC(=O)OC(COC(=O)CCCCCCCC)COC(=O)CCCCCCCCCCCCCCCCCCCCC/C=C\C/C=C\CCCCCCC. The predicted octanol–water partition coefficient (Wildman–Crippen LogP) is 20.2. The van der Waals surface area contributed by atoms with E-state index in [0.717, 1.165) is 89.9 Å². The highest BCUT2D eigenvalue weighted by Gasteiger charge is 2.19. The molecular weight excluding hydrogens is 853 g/mol. The molecule has 0 heterocycles. The lowest BCUT2D eigenvalue weighted by Crippen LogP contribution is -2.30. The van der Waals surface area contributed by atoms with Crippen molar-refractivity contribution in [3.05, 3.63) is 48.6 Å². The Bertz CT molecular complexity index is 1200. The summed E-state index contributed by atoms with van der Waals surface area (Å²) >= 11 is 0. The Hall–Kier alpha value is -2.63. The fourth-order valence-electron chi connectivity index (χ4n) is 8.73. The molecule has 0 aromatic rings. The summed E-state index contributed by atoms with van der Waals surface area (Å²) in [6.07, 6.45) is 71.6. The molecule has 0 aliphatic rings. The van der Waals surface area contributed by atoms with Crippen LogP contribution < -0.4 is 0 Å². The largest absolute Gasteiger partial charge is 0.462 e. The summed E-state index contributed by atoms with van der Waals surface area (Å²) in [7, 11) is 0. The summed E-state index contributed by atoms with van der Waals surface area (Å²) in [5, 5.41) is 0. The van der Waals surface area contributed by atoms with Gasteiger partial charge in [-0.05, 0) is 77.0 Å². The summed E-state index contributed by atoms with van der Waals surface area (Å²) in [6.45, 7) is 6.54. The Balaban J connectivity index is 3.96. The Morgan fingerprint density at radius 2 is 0.536 bits per heavy atom. The fourth-order valence-corrected chi connectivity index (χ4v) is 8.73. The summed E-state index contributed by atoms with van der Waals surface area (Å²) in [4.78, 5) is 37.8. The van der Waals surface area contributed by atoms with Crippen LogP contribution in [0, 0.1) is 0 Å². The smallest absolute Gasteiger partial charge is 0.306 e. The van der Waals surface area contributed by atoms with Gasteiger partial charge in [-0.2, -0.15) is 0 Å². The van der Waals surface area contributed by atoms with E-state index < -0.39 is 6.10 Å². The van der Waals surface area contributed by atoms with Gasteiger partial charge in [0.25, 0.3) is 0 Å². The van der Waals surface area contributed by atoms with Crippen molar-refractivity contribution in [2.45, 2.75) is 322 Å². The zero-order valence-corrected chi connectivity index (χ0v) is 46.1. The third-order valence-corrected chi connectivity index (χ3v) is 13.3. The zero-order chi connectivity index (χ0) is 50.0. The van der Waals surface area contributed by atoms with Crippen LogP contribution in [-0.4, -0.2) is 37.2 Å².